The largest absolute Gasteiger partial charge is 0.497 e. The Hall–Kier alpha value is -2.69. The molecule has 0 unspecified atom stereocenters. The first-order valence-electron chi connectivity index (χ1n) is 11.6. The molecule has 0 bridgehead atoms. The summed E-state index contributed by atoms with van der Waals surface area (Å²) in [5.41, 5.74) is 0.454. The molecule has 10 heteroatoms. The zero-order valence-electron chi connectivity index (χ0n) is 18.9. The van der Waals surface area contributed by atoms with Crippen LogP contribution in [0.4, 0.5) is 10.5 Å². The Morgan fingerprint density at radius 3 is 2.73 bits per heavy atom. The highest BCUT2D eigenvalue weighted by Gasteiger charge is 2.36. The van der Waals surface area contributed by atoms with E-state index in [2.05, 4.69) is 20.9 Å². The zero-order valence-corrected chi connectivity index (χ0v) is 18.9. The van der Waals surface area contributed by atoms with E-state index in [9.17, 15) is 15.0 Å². The van der Waals surface area contributed by atoms with E-state index < -0.39 is 11.7 Å². The molecule has 1 aromatic carbocycles. The molecule has 2 amide bonds. The summed E-state index contributed by atoms with van der Waals surface area (Å²) in [4.78, 5) is 12.4. The summed E-state index contributed by atoms with van der Waals surface area (Å²) in [5.74, 6) is 0.713. The number of carbonyl (C=O) groups is 1. The summed E-state index contributed by atoms with van der Waals surface area (Å²) < 4.78 is 12.9. The predicted octanol–water partition coefficient (Wildman–Crippen LogP) is 2.17. The number of nitrogens with one attached hydrogen (secondary N) is 2. The van der Waals surface area contributed by atoms with Crippen LogP contribution in [0.1, 0.15) is 50.6 Å². The fraction of sp³-hybridized carbons (Fsp3) is 0.609. The van der Waals surface area contributed by atoms with E-state index in [1.807, 2.05) is 6.20 Å². The minimum Gasteiger partial charge on any atom is -0.497 e. The van der Waals surface area contributed by atoms with Crippen molar-refractivity contribution in [3.05, 3.63) is 36.2 Å². The SMILES string of the molecule is COc1ccc(NC(=O)N[C@H]2CC[C@H](CCn3cc(C4(O)CCCC4)nn3)O[C@H]2CO)cc1. The van der Waals surface area contributed by atoms with Crippen molar-refractivity contribution in [2.75, 3.05) is 19.0 Å². The van der Waals surface area contributed by atoms with Gasteiger partial charge >= 0.3 is 6.03 Å². The molecule has 2 heterocycles. The quantitative estimate of drug-likeness (QED) is 0.476. The molecule has 0 spiro atoms. The van der Waals surface area contributed by atoms with Crippen molar-refractivity contribution in [2.24, 2.45) is 0 Å². The molecule has 1 aliphatic heterocycles. The van der Waals surface area contributed by atoms with Gasteiger partial charge in [-0.05, 0) is 56.4 Å². The van der Waals surface area contributed by atoms with Gasteiger partial charge in [-0.1, -0.05) is 18.1 Å². The van der Waals surface area contributed by atoms with E-state index in [-0.39, 0.29) is 24.8 Å². The van der Waals surface area contributed by atoms with Crippen molar-refractivity contribution in [1.29, 1.82) is 0 Å². The molecular formula is C23H33N5O5. The van der Waals surface area contributed by atoms with Gasteiger partial charge in [-0.3, -0.25) is 4.68 Å². The Bertz CT molecular complexity index is 912. The summed E-state index contributed by atoms with van der Waals surface area (Å²) in [7, 11) is 1.59. The first-order valence-corrected chi connectivity index (χ1v) is 11.6. The number of ether oxygens (including phenoxy) is 2. The highest BCUT2D eigenvalue weighted by Crippen LogP contribution is 2.37. The fourth-order valence-electron chi connectivity index (χ4n) is 4.63. The first-order chi connectivity index (χ1) is 16.0. The number of benzene rings is 1. The zero-order chi connectivity index (χ0) is 23.3. The number of urea groups is 1. The number of aliphatic hydroxyl groups is 2. The fourth-order valence-corrected chi connectivity index (χ4v) is 4.63. The summed E-state index contributed by atoms with van der Waals surface area (Å²) in [6.07, 6.45) is 6.96. The average Bonchev–Trinajstić information content (AvgIpc) is 3.49. The second-order valence-corrected chi connectivity index (χ2v) is 8.88. The van der Waals surface area contributed by atoms with Crippen LogP contribution in [-0.4, -0.2) is 63.2 Å². The maximum Gasteiger partial charge on any atom is 0.319 e. The molecule has 1 saturated heterocycles. The number of aryl methyl sites for hydroxylation is 1. The highest BCUT2D eigenvalue weighted by atomic mass is 16.5. The van der Waals surface area contributed by atoms with Crippen LogP contribution in [0.2, 0.25) is 0 Å². The molecule has 2 fully saturated rings. The third kappa shape index (κ3) is 5.82. The number of hydrogen-bond donors (Lipinski definition) is 4. The molecule has 1 aromatic heterocycles. The molecular weight excluding hydrogens is 426 g/mol. The number of methoxy groups -OCH3 is 1. The van der Waals surface area contributed by atoms with E-state index in [1.54, 1.807) is 36.1 Å². The lowest BCUT2D eigenvalue weighted by atomic mass is 9.97. The summed E-state index contributed by atoms with van der Waals surface area (Å²) in [6, 6.07) is 6.44. The number of rotatable bonds is 8. The monoisotopic (exact) mass is 459 g/mol. The van der Waals surface area contributed by atoms with Gasteiger partial charge in [0.15, 0.2) is 0 Å². The van der Waals surface area contributed by atoms with Gasteiger partial charge < -0.3 is 30.3 Å². The molecule has 4 N–H and O–H groups in total. The van der Waals surface area contributed by atoms with Gasteiger partial charge in [0.25, 0.3) is 0 Å². The van der Waals surface area contributed by atoms with E-state index >= 15 is 0 Å². The van der Waals surface area contributed by atoms with E-state index in [4.69, 9.17) is 9.47 Å². The molecule has 4 rings (SSSR count). The van der Waals surface area contributed by atoms with Crippen molar-refractivity contribution < 1.29 is 24.5 Å². The molecule has 2 aliphatic rings. The lowest BCUT2D eigenvalue weighted by molar-refractivity contribution is -0.0905. The topological polar surface area (TPSA) is 131 Å². The molecule has 33 heavy (non-hydrogen) atoms. The molecule has 3 atom stereocenters. The van der Waals surface area contributed by atoms with E-state index in [0.29, 0.717) is 36.5 Å². The van der Waals surface area contributed by atoms with E-state index in [1.165, 1.54) is 0 Å². The molecule has 10 nitrogen and oxygen atoms in total. The van der Waals surface area contributed by atoms with Crippen LogP contribution >= 0.6 is 0 Å². The molecule has 180 valence electrons. The van der Waals surface area contributed by atoms with Gasteiger partial charge in [0.2, 0.25) is 0 Å². The Kier molecular flexibility index (Phi) is 7.46. The van der Waals surface area contributed by atoms with Crippen LogP contribution in [0.15, 0.2) is 30.5 Å². The molecule has 1 saturated carbocycles. The average molecular weight is 460 g/mol. The number of anilines is 1. The maximum atomic E-state index is 12.4. The van der Waals surface area contributed by atoms with Gasteiger partial charge in [-0.15, -0.1) is 5.10 Å². The van der Waals surface area contributed by atoms with Crippen LogP contribution in [-0.2, 0) is 16.9 Å². The third-order valence-electron chi connectivity index (χ3n) is 6.59. The van der Waals surface area contributed by atoms with Gasteiger partial charge in [0.1, 0.15) is 23.1 Å². The maximum absolute atomic E-state index is 12.4. The Morgan fingerprint density at radius 1 is 1.27 bits per heavy atom. The minimum atomic E-state index is -0.840. The lowest BCUT2D eigenvalue weighted by Gasteiger charge is -2.36. The second kappa shape index (κ2) is 10.5. The van der Waals surface area contributed by atoms with Crippen molar-refractivity contribution in [3.63, 3.8) is 0 Å². The van der Waals surface area contributed by atoms with Crippen molar-refractivity contribution >= 4 is 11.7 Å². The van der Waals surface area contributed by atoms with Gasteiger partial charge in [-0.2, -0.15) is 0 Å². The Labute approximate surface area is 193 Å². The summed E-state index contributed by atoms with van der Waals surface area (Å²) >= 11 is 0. The van der Waals surface area contributed by atoms with Crippen LogP contribution in [0.25, 0.3) is 0 Å². The number of aromatic nitrogens is 3. The summed E-state index contributed by atoms with van der Waals surface area (Å²) in [6.45, 7) is 0.437. The number of carbonyl (C=O) groups excluding carboxylic acids is 1. The smallest absolute Gasteiger partial charge is 0.319 e. The molecule has 2 aromatic rings. The normalized spacial score (nSPS) is 24.4. The Balaban J connectivity index is 1.24. The third-order valence-corrected chi connectivity index (χ3v) is 6.59. The highest BCUT2D eigenvalue weighted by molar-refractivity contribution is 5.89. The van der Waals surface area contributed by atoms with E-state index in [0.717, 1.165) is 32.1 Å². The van der Waals surface area contributed by atoms with Crippen LogP contribution in [0.3, 0.4) is 0 Å². The minimum absolute atomic E-state index is 0.0490. The van der Waals surface area contributed by atoms with Crippen molar-refractivity contribution in [2.45, 2.75) is 75.3 Å². The van der Waals surface area contributed by atoms with Crippen LogP contribution in [0.5, 0.6) is 5.75 Å². The summed E-state index contributed by atoms with van der Waals surface area (Å²) in [5, 5.41) is 34.5. The number of nitrogens with zero attached hydrogens (tertiary/aromatic N) is 3. The van der Waals surface area contributed by atoms with Crippen LogP contribution in [0, 0.1) is 0 Å². The number of amides is 2. The number of aliphatic hydroxyl groups excluding tert-OH is 1. The van der Waals surface area contributed by atoms with Crippen LogP contribution < -0.4 is 15.4 Å². The standard InChI is InChI=1S/C23H33N5O5/c1-32-17-6-4-16(5-7-17)24-22(30)25-19-9-8-18(33-20(19)15-29)10-13-28-14-21(26-27-28)23(31)11-2-3-12-23/h4-7,14,18-20,29,31H,2-3,8-13,15H2,1H3,(H2,24,25,30)/t18-,19+,20+/m1/s1. The Morgan fingerprint density at radius 2 is 2.03 bits per heavy atom. The van der Waals surface area contributed by atoms with Gasteiger partial charge in [-0.25, -0.2) is 4.79 Å². The first kappa shape index (κ1) is 23.5. The number of hydrogen-bond acceptors (Lipinski definition) is 7. The second-order valence-electron chi connectivity index (χ2n) is 8.88. The lowest BCUT2D eigenvalue weighted by Crippen LogP contribution is -2.52. The van der Waals surface area contributed by atoms with Gasteiger partial charge in [0.05, 0.1) is 32.1 Å². The van der Waals surface area contributed by atoms with Gasteiger partial charge in [0, 0.05) is 12.2 Å². The van der Waals surface area contributed by atoms with Crippen molar-refractivity contribution in [1.82, 2.24) is 20.3 Å². The predicted molar refractivity (Wildman–Crippen MR) is 121 cm³/mol. The molecule has 0 radical (unpaired) electrons. The van der Waals surface area contributed by atoms with Crippen molar-refractivity contribution in [3.8, 4) is 5.75 Å². The molecule has 1 aliphatic carbocycles.